The van der Waals surface area contributed by atoms with Crippen LogP contribution in [0.25, 0.3) is 0 Å². The first-order chi connectivity index (χ1) is 17.7. The normalized spacial score (nSPS) is 28.0. The number of hydrogen-bond donors (Lipinski definition) is 2. The number of aliphatic hydroxyl groups excluding tert-OH is 1. The molecule has 200 valence electrons. The predicted octanol–water partition coefficient (Wildman–Crippen LogP) is 3.48. The molecule has 37 heavy (non-hydrogen) atoms. The maximum Gasteiger partial charge on any atom is 0.355 e. The zero-order valence-corrected chi connectivity index (χ0v) is 22.0. The molecule has 2 amide bonds. The first-order valence-corrected chi connectivity index (χ1v) is 12.8. The molecule has 9 nitrogen and oxygen atoms in total. The van der Waals surface area contributed by atoms with E-state index in [1.54, 1.807) is 18.2 Å². The van der Waals surface area contributed by atoms with Crippen LogP contribution in [-0.2, 0) is 20.7 Å². The standard InChI is InChI=1S/C28H37N3O6/c1-18(2)26-20(4)12-13-24(33)29-14-6-9-19(3)8-5-10-21(32)16-25-30-22(17-36-25)27(34)31-15-7-11-23(31)28(35)37-26/h5-6,8-11,17-18,20-21,26,32H,7,12-16H2,1-4H3,(H,29,33)/b9-6+,10-5+,19-8+/t20-,21+,26-/m1/s1. The molecule has 1 aromatic heterocycles. The summed E-state index contributed by atoms with van der Waals surface area (Å²) < 4.78 is 11.3. The van der Waals surface area contributed by atoms with E-state index < -0.39 is 24.1 Å². The van der Waals surface area contributed by atoms with Crippen LogP contribution in [0.5, 0.6) is 0 Å². The van der Waals surface area contributed by atoms with Crippen molar-refractivity contribution in [1.29, 1.82) is 0 Å². The lowest BCUT2D eigenvalue weighted by molar-refractivity contribution is -0.151. The lowest BCUT2D eigenvalue weighted by atomic mass is 9.90. The Morgan fingerprint density at radius 3 is 2.78 bits per heavy atom. The number of nitrogens with one attached hydrogen (secondary N) is 1. The molecule has 0 spiro atoms. The van der Waals surface area contributed by atoms with Crippen molar-refractivity contribution in [2.45, 2.75) is 65.6 Å². The van der Waals surface area contributed by atoms with E-state index in [0.717, 1.165) is 5.57 Å². The topological polar surface area (TPSA) is 122 Å². The highest BCUT2D eigenvalue weighted by Crippen LogP contribution is 2.26. The third kappa shape index (κ3) is 8.01. The Morgan fingerprint density at radius 1 is 1.24 bits per heavy atom. The number of esters is 1. The van der Waals surface area contributed by atoms with Crippen molar-refractivity contribution >= 4 is 17.8 Å². The number of aromatic nitrogens is 1. The minimum Gasteiger partial charge on any atom is -0.457 e. The van der Waals surface area contributed by atoms with Crippen LogP contribution in [0.1, 0.15) is 63.3 Å². The first-order valence-electron chi connectivity index (χ1n) is 12.8. The third-order valence-corrected chi connectivity index (χ3v) is 6.37. The van der Waals surface area contributed by atoms with Crippen molar-refractivity contribution in [2.75, 3.05) is 13.1 Å². The molecule has 2 N–H and O–H groups in total. The van der Waals surface area contributed by atoms with Crippen molar-refractivity contribution in [2.24, 2.45) is 11.8 Å². The van der Waals surface area contributed by atoms with E-state index in [1.807, 2.05) is 45.9 Å². The van der Waals surface area contributed by atoms with Gasteiger partial charge in [0.05, 0.1) is 12.5 Å². The molecule has 1 aromatic rings. The number of rotatable bonds is 1. The summed E-state index contributed by atoms with van der Waals surface area (Å²) in [7, 11) is 0. The van der Waals surface area contributed by atoms with Gasteiger partial charge in [0.15, 0.2) is 11.6 Å². The largest absolute Gasteiger partial charge is 0.457 e. The summed E-state index contributed by atoms with van der Waals surface area (Å²) in [5.41, 5.74) is 1.19. The van der Waals surface area contributed by atoms with Crippen molar-refractivity contribution in [3.05, 3.63) is 65.6 Å². The summed E-state index contributed by atoms with van der Waals surface area (Å²) in [6.45, 7) is 8.54. The van der Waals surface area contributed by atoms with Crippen LogP contribution in [0, 0.1) is 11.8 Å². The Labute approximate surface area is 218 Å². The fourth-order valence-electron chi connectivity index (χ4n) is 4.37. The van der Waals surface area contributed by atoms with Gasteiger partial charge in [0, 0.05) is 19.5 Å². The summed E-state index contributed by atoms with van der Waals surface area (Å²) >= 11 is 0. The number of carbonyl (C=O) groups is 3. The van der Waals surface area contributed by atoms with E-state index in [0.29, 0.717) is 32.4 Å². The monoisotopic (exact) mass is 511 g/mol. The molecular weight excluding hydrogens is 474 g/mol. The number of aliphatic hydroxyl groups is 1. The quantitative estimate of drug-likeness (QED) is 0.554. The second-order valence-electron chi connectivity index (χ2n) is 9.86. The number of fused-ring (bicyclic) bond motifs is 3. The van der Waals surface area contributed by atoms with Gasteiger partial charge in [0.2, 0.25) is 5.91 Å². The molecule has 0 radical (unpaired) electrons. The predicted molar refractivity (Wildman–Crippen MR) is 138 cm³/mol. The van der Waals surface area contributed by atoms with Gasteiger partial charge in [0.1, 0.15) is 18.1 Å². The fraction of sp³-hybridized carbons (Fsp3) is 0.500. The zero-order valence-electron chi connectivity index (χ0n) is 22.0. The number of allylic oxidation sites excluding steroid dienone is 4. The van der Waals surface area contributed by atoms with E-state index >= 15 is 0 Å². The zero-order chi connectivity index (χ0) is 26.9. The number of hydrogen-bond acceptors (Lipinski definition) is 7. The van der Waals surface area contributed by atoms with Gasteiger partial charge in [-0.05, 0) is 31.6 Å². The number of cyclic esters (lactones) is 1. The van der Waals surface area contributed by atoms with Crippen LogP contribution < -0.4 is 5.32 Å². The van der Waals surface area contributed by atoms with Gasteiger partial charge in [-0.3, -0.25) is 9.59 Å². The van der Waals surface area contributed by atoms with Gasteiger partial charge in [0.25, 0.3) is 5.91 Å². The number of amides is 2. The third-order valence-electron chi connectivity index (χ3n) is 6.37. The van der Waals surface area contributed by atoms with E-state index in [-0.39, 0.29) is 41.4 Å². The highest BCUT2D eigenvalue weighted by Gasteiger charge is 2.34. The average molecular weight is 512 g/mol. The maximum atomic E-state index is 13.1. The van der Waals surface area contributed by atoms with Crippen LogP contribution in [0.15, 0.2) is 58.4 Å². The Balaban J connectivity index is 1.83. The molecule has 2 bridgehead atoms. The van der Waals surface area contributed by atoms with Gasteiger partial charge in [-0.15, -0.1) is 0 Å². The van der Waals surface area contributed by atoms with Gasteiger partial charge in [-0.25, -0.2) is 9.78 Å². The number of nitrogens with zero attached hydrogens (tertiary/aromatic N) is 2. The molecule has 9 heteroatoms. The Morgan fingerprint density at radius 2 is 2.03 bits per heavy atom. The smallest absolute Gasteiger partial charge is 0.355 e. The second-order valence-corrected chi connectivity index (χ2v) is 9.86. The molecule has 3 atom stereocenters. The van der Waals surface area contributed by atoms with Crippen molar-refractivity contribution in [1.82, 2.24) is 15.2 Å². The van der Waals surface area contributed by atoms with Crippen LogP contribution in [0.4, 0.5) is 0 Å². The molecule has 0 aliphatic carbocycles. The van der Waals surface area contributed by atoms with Gasteiger partial charge in [-0.1, -0.05) is 62.8 Å². The lowest BCUT2D eigenvalue weighted by Crippen LogP contribution is -2.36. The summed E-state index contributed by atoms with van der Waals surface area (Å²) in [6.07, 6.45) is 12.1. The molecule has 0 saturated heterocycles. The summed E-state index contributed by atoms with van der Waals surface area (Å²) in [5, 5.41) is 13.2. The molecule has 2 aliphatic heterocycles. The van der Waals surface area contributed by atoms with Crippen LogP contribution in [0.2, 0.25) is 0 Å². The molecule has 3 heterocycles. The Hall–Kier alpha value is -3.46. The molecule has 0 aromatic carbocycles. The SMILES string of the molecule is CC1=C\C=C\[C@H](O)Cc2nc(co2)C(=O)N2CCC=C2C(=O)O[C@H](C(C)C)[C@H](C)CCC(=O)NC\C=C\1. The van der Waals surface area contributed by atoms with Crippen molar-refractivity contribution < 1.29 is 28.6 Å². The summed E-state index contributed by atoms with van der Waals surface area (Å²) in [5.74, 6) is -0.920. The first kappa shape index (κ1) is 28.1. The summed E-state index contributed by atoms with van der Waals surface area (Å²) in [6, 6.07) is 0. The van der Waals surface area contributed by atoms with Crippen LogP contribution >= 0.6 is 0 Å². The molecule has 0 unspecified atom stereocenters. The number of carbonyl (C=O) groups excluding carboxylic acids is 3. The average Bonchev–Trinajstić information content (AvgIpc) is 3.52. The number of ether oxygens (including phenoxy) is 1. The van der Waals surface area contributed by atoms with Gasteiger partial charge in [-0.2, -0.15) is 0 Å². The minimum absolute atomic E-state index is 0.0264. The molecule has 2 aliphatic rings. The molecule has 0 fully saturated rings. The van der Waals surface area contributed by atoms with Crippen molar-refractivity contribution in [3.8, 4) is 0 Å². The van der Waals surface area contributed by atoms with Crippen LogP contribution in [0.3, 0.4) is 0 Å². The Kier molecular flexibility index (Phi) is 10.0. The maximum absolute atomic E-state index is 13.1. The Bertz CT molecular complexity index is 1100. The van der Waals surface area contributed by atoms with Crippen molar-refractivity contribution in [3.63, 3.8) is 0 Å². The highest BCUT2D eigenvalue weighted by atomic mass is 16.5. The molecular formula is C28H37N3O6. The molecule has 0 saturated carbocycles. The summed E-state index contributed by atoms with van der Waals surface area (Å²) in [4.78, 5) is 44.2. The van der Waals surface area contributed by atoms with Crippen LogP contribution in [-0.4, -0.2) is 58.1 Å². The fourth-order valence-corrected chi connectivity index (χ4v) is 4.37. The number of oxazole rings is 1. The molecule has 3 rings (SSSR count). The van der Waals surface area contributed by atoms with E-state index in [1.165, 1.54) is 11.2 Å². The minimum atomic E-state index is -0.859. The lowest BCUT2D eigenvalue weighted by Gasteiger charge is -2.28. The van der Waals surface area contributed by atoms with E-state index in [2.05, 4.69) is 10.3 Å². The van der Waals surface area contributed by atoms with Gasteiger partial charge >= 0.3 is 5.97 Å². The second kappa shape index (κ2) is 13.2. The van der Waals surface area contributed by atoms with Gasteiger partial charge < -0.3 is 24.5 Å². The highest BCUT2D eigenvalue weighted by molar-refractivity contribution is 6.00. The van der Waals surface area contributed by atoms with E-state index in [4.69, 9.17) is 9.15 Å². The van der Waals surface area contributed by atoms with E-state index in [9.17, 15) is 19.5 Å².